The molecule has 0 bridgehead atoms. The van der Waals surface area contributed by atoms with Crippen LogP contribution in [0.2, 0.25) is 0 Å². The van der Waals surface area contributed by atoms with Crippen LogP contribution in [0.3, 0.4) is 0 Å². The van der Waals surface area contributed by atoms with E-state index in [1.807, 2.05) is 28.9 Å². The third kappa shape index (κ3) is 3.82. The van der Waals surface area contributed by atoms with E-state index < -0.39 is 0 Å². The SMILES string of the molecule is O=C(CSc1nnnn1C1CCCC1)NCc1nc2ccccc2s1. The fraction of sp³-hybridized carbons (Fsp3) is 0.438. The Labute approximate surface area is 153 Å². The number of hydrogen-bond donors (Lipinski definition) is 1. The minimum Gasteiger partial charge on any atom is -0.349 e. The Morgan fingerprint density at radius 2 is 2.16 bits per heavy atom. The van der Waals surface area contributed by atoms with Gasteiger partial charge in [0.15, 0.2) is 0 Å². The molecule has 1 saturated carbocycles. The van der Waals surface area contributed by atoms with Gasteiger partial charge in [-0.05, 0) is 35.4 Å². The predicted octanol–water partition coefficient (Wildman–Crippen LogP) is 2.81. The number of amides is 1. The molecule has 4 rings (SSSR count). The summed E-state index contributed by atoms with van der Waals surface area (Å²) in [5.74, 6) is 0.267. The highest BCUT2D eigenvalue weighted by Crippen LogP contribution is 2.31. The zero-order valence-electron chi connectivity index (χ0n) is 13.6. The van der Waals surface area contributed by atoms with Gasteiger partial charge in [0.05, 0.1) is 28.6 Å². The average molecular weight is 374 g/mol. The van der Waals surface area contributed by atoms with Crippen LogP contribution in [-0.2, 0) is 11.3 Å². The maximum atomic E-state index is 12.1. The van der Waals surface area contributed by atoms with Crippen LogP contribution in [-0.4, -0.2) is 36.9 Å². The topological polar surface area (TPSA) is 85.6 Å². The summed E-state index contributed by atoms with van der Waals surface area (Å²) >= 11 is 2.99. The number of aromatic nitrogens is 5. The van der Waals surface area contributed by atoms with Crippen molar-refractivity contribution in [2.75, 3.05) is 5.75 Å². The lowest BCUT2D eigenvalue weighted by Crippen LogP contribution is -2.24. The van der Waals surface area contributed by atoms with Crippen LogP contribution in [0.1, 0.15) is 36.7 Å². The lowest BCUT2D eigenvalue weighted by Gasteiger charge is -2.10. The van der Waals surface area contributed by atoms with Crippen molar-refractivity contribution in [3.8, 4) is 0 Å². The number of hydrogen-bond acceptors (Lipinski definition) is 7. The molecular formula is C16H18N6OS2. The van der Waals surface area contributed by atoms with Gasteiger partial charge < -0.3 is 5.32 Å². The highest BCUT2D eigenvalue weighted by Gasteiger charge is 2.22. The summed E-state index contributed by atoms with van der Waals surface area (Å²) in [6, 6.07) is 8.36. The van der Waals surface area contributed by atoms with Crippen LogP contribution in [0.25, 0.3) is 10.2 Å². The molecule has 0 saturated heterocycles. The van der Waals surface area contributed by atoms with Crippen molar-refractivity contribution in [2.45, 2.75) is 43.4 Å². The zero-order chi connectivity index (χ0) is 17.1. The second kappa shape index (κ2) is 7.49. The van der Waals surface area contributed by atoms with Crippen molar-refractivity contribution in [3.63, 3.8) is 0 Å². The summed E-state index contributed by atoms with van der Waals surface area (Å²) in [5, 5.41) is 16.5. The first-order chi connectivity index (χ1) is 12.3. The van der Waals surface area contributed by atoms with Crippen molar-refractivity contribution in [1.82, 2.24) is 30.5 Å². The van der Waals surface area contributed by atoms with E-state index in [2.05, 4.69) is 25.8 Å². The monoisotopic (exact) mass is 374 g/mol. The molecule has 1 aliphatic rings. The Balaban J connectivity index is 1.30. The number of thiazole rings is 1. The molecule has 9 heteroatoms. The van der Waals surface area contributed by atoms with E-state index in [9.17, 15) is 4.79 Å². The van der Waals surface area contributed by atoms with Gasteiger partial charge in [0, 0.05) is 0 Å². The van der Waals surface area contributed by atoms with E-state index in [0.29, 0.717) is 18.3 Å². The molecule has 25 heavy (non-hydrogen) atoms. The van der Waals surface area contributed by atoms with Crippen LogP contribution < -0.4 is 5.32 Å². The Hall–Kier alpha value is -2.00. The Morgan fingerprint density at radius 3 is 3.00 bits per heavy atom. The minimum absolute atomic E-state index is 0.0368. The Kier molecular flexibility index (Phi) is 4.93. The number of nitrogens with zero attached hydrogens (tertiary/aromatic N) is 5. The smallest absolute Gasteiger partial charge is 0.230 e. The molecule has 1 amide bonds. The molecule has 0 atom stereocenters. The number of para-hydroxylation sites is 1. The first-order valence-corrected chi connectivity index (χ1v) is 10.1. The summed E-state index contributed by atoms with van der Waals surface area (Å²) in [5.41, 5.74) is 0.974. The van der Waals surface area contributed by atoms with Crippen molar-refractivity contribution >= 4 is 39.2 Å². The normalized spacial score (nSPS) is 15.0. The second-order valence-electron chi connectivity index (χ2n) is 5.99. The summed E-state index contributed by atoms with van der Waals surface area (Å²) in [4.78, 5) is 16.6. The number of fused-ring (bicyclic) bond motifs is 1. The zero-order valence-corrected chi connectivity index (χ0v) is 15.2. The third-order valence-electron chi connectivity index (χ3n) is 4.24. The summed E-state index contributed by atoms with van der Waals surface area (Å²) in [6.07, 6.45) is 4.67. The van der Waals surface area contributed by atoms with E-state index in [-0.39, 0.29) is 5.91 Å². The van der Waals surface area contributed by atoms with Crippen LogP contribution in [0.5, 0.6) is 0 Å². The quantitative estimate of drug-likeness (QED) is 0.668. The standard InChI is InChI=1S/C16H18N6OS2/c23-14(17-9-15-18-12-7-3-4-8-13(12)25-15)10-24-16-19-20-21-22(16)11-5-1-2-6-11/h3-4,7-8,11H,1-2,5-6,9-10H2,(H,17,23). The molecule has 2 aromatic heterocycles. The number of rotatable bonds is 6. The molecular weight excluding hydrogens is 356 g/mol. The maximum absolute atomic E-state index is 12.1. The Bertz CT molecular complexity index is 837. The number of benzene rings is 1. The highest BCUT2D eigenvalue weighted by molar-refractivity contribution is 7.99. The van der Waals surface area contributed by atoms with E-state index in [1.54, 1.807) is 11.3 Å². The van der Waals surface area contributed by atoms with Gasteiger partial charge in [-0.2, -0.15) is 0 Å². The minimum atomic E-state index is -0.0368. The molecule has 0 aliphatic heterocycles. The second-order valence-corrected chi connectivity index (χ2v) is 8.04. The van der Waals surface area contributed by atoms with Gasteiger partial charge in [0.1, 0.15) is 5.01 Å². The summed E-state index contributed by atoms with van der Waals surface area (Å²) in [7, 11) is 0. The summed E-state index contributed by atoms with van der Waals surface area (Å²) in [6.45, 7) is 0.451. The van der Waals surface area contributed by atoms with Gasteiger partial charge in [-0.1, -0.05) is 36.7 Å². The molecule has 7 nitrogen and oxygen atoms in total. The average Bonchev–Trinajstić information content (AvgIpc) is 3.37. The molecule has 2 heterocycles. The van der Waals surface area contributed by atoms with Gasteiger partial charge in [-0.15, -0.1) is 16.4 Å². The number of nitrogens with one attached hydrogen (secondary N) is 1. The number of carbonyl (C=O) groups is 1. The molecule has 1 aromatic carbocycles. The maximum Gasteiger partial charge on any atom is 0.230 e. The molecule has 3 aromatic rings. The molecule has 1 aliphatic carbocycles. The van der Waals surface area contributed by atoms with Gasteiger partial charge >= 0.3 is 0 Å². The first kappa shape index (κ1) is 16.5. The van der Waals surface area contributed by atoms with Crippen LogP contribution in [0, 0.1) is 0 Å². The first-order valence-electron chi connectivity index (χ1n) is 8.31. The van der Waals surface area contributed by atoms with Gasteiger partial charge in [-0.3, -0.25) is 4.79 Å². The van der Waals surface area contributed by atoms with E-state index in [1.165, 1.54) is 24.6 Å². The van der Waals surface area contributed by atoms with Crippen molar-refractivity contribution < 1.29 is 4.79 Å². The van der Waals surface area contributed by atoms with E-state index in [4.69, 9.17) is 0 Å². The molecule has 0 unspecified atom stereocenters. The van der Waals surface area contributed by atoms with E-state index in [0.717, 1.165) is 33.2 Å². The molecule has 0 radical (unpaired) electrons. The van der Waals surface area contributed by atoms with Crippen molar-refractivity contribution in [3.05, 3.63) is 29.3 Å². The fourth-order valence-corrected chi connectivity index (χ4v) is 4.69. The van der Waals surface area contributed by atoms with E-state index >= 15 is 0 Å². The number of carbonyl (C=O) groups excluding carboxylic acids is 1. The highest BCUT2D eigenvalue weighted by atomic mass is 32.2. The number of thioether (sulfide) groups is 1. The molecule has 1 N–H and O–H groups in total. The molecule has 1 fully saturated rings. The number of tetrazole rings is 1. The Morgan fingerprint density at radius 1 is 1.32 bits per heavy atom. The molecule has 0 spiro atoms. The summed E-state index contributed by atoms with van der Waals surface area (Å²) < 4.78 is 3.01. The fourth-order valence-electron chi connectivity index (χ4n) is 3.01. The predicted molar refractivity (Wildman–Crippen MR) is 97.5 cm³/mol. The van der Waals surface area contributed by atoms with Gasteiger partial charge in [0.25, 0.3) is 0 Å². The third-order valence-corrected chi connectivity index (χ3v) is 6.21. The van der Waals surface area contributed by atoms with Gasteiger partial charge in [0.2, 0.25) is 11.1 Å². The van der Waals surface area contributed by atoms with Crippen LogP contribution in [0.4, 0.5) is 0 Å². The lowest BCUT2D eigenvalue weighted by atomic mass is 10.3. The largest absolute Gasteiger partial charge is 0.349 e. The molecule has 130 valence electrons. The lowest BCUT2D eigenvalue weighted by molar-refractivity contribution is -0.118. The van der Waals surface area contributed by atoms with Crippen molar-refractivity contribution in [1.29, 1.82) is 0 Å². The van der Waals surface area contributed by atoms with Crippen molar-refractivity contribution in [2.24, 2.45) is 0 Å². The van der Waals surface area contributed by atoms with Crippen LogP contribution in [0.15, 0.2) is 29.4 Å². The van der Waals surface area contributed by atoms with Crippen LogP contribution >= 0.6 is 23.1 Å². The van der Waals surface area contributed by atoms with Gasteiger partial charge in [-0.25, -0.2) is 9.67 Å².